The van der Waals surface area contributed by atoms with Gasteiger partial charge in [0.15, 0.2) is 0 Å². The van der Waals surface area contributed by atoms with Crippen molar-refractivity contribution < 1.29 is 4.74 Å². The van der Waals surface area contributed by atoms with Gasteiger partial charge in [-0.15, -0.1) is 4.72 Å². The molecule has 1 aliphatic rings. The first-order valence-corrected chi connectivity index (χ1v) is 7.79. The Bertz CT molecular complexity index is 315. The first-order chi connectivity index (χ1) is 8.48. The van der Waals surface area contributed by atoms with Crippen molar-refractivity contribution in [1.82, 2.24) is 4.72 Å². The van der Waals surface area contributed by atoms with E-state index in [0.29, 0.717) is 6.04 Å². The summed E-state index contributed by atoms with van der Waals surface area (Å²) in [5, 5.41) is 0. The molecule has 1 N–H and O–H groups in total. The number of allylic oxidation sites excluding steroid dienone is 2. The number of nitrogens with one attached hydrogen (secondary N) is 1. The standard InChI is InChI=1S/C15H27NOS/c1-6-9-13(16-18-15(2,3)4)12-10-7-8-11-14(12)17-5/h10-11,13,16H,6-9H2,1-5H3/p+1. The van der Waals surface area contributed by atoms with Gasteiger partial charge in [0.05, 0.1) is 25.1 Å². The largest absolute Gasteiger partial charge is 0.497 e. The molecule has 0 aliphatic heterocycles. The summed E-state index contributed by atoms with van der Waals surface area (Å²) in [6.07, 6.45) is 9.14. The summed E-state index contributed by atoms with van der Waals surface area (Å²) in [6.45, 7) is 9.01. The molecule has 1 unspecified atom stereocenters. The summed E-state index contributed by atoms with van der Waals surface area (Å²) >= 11 is 1.29. The molecular formula is C15H28NOS+. The number of hydrogen-bond acceptors (Lipinski definition) is 2. The maximum Gasteiger partial charge on any atom is 0.136 e. The van der Waals surface area contributed by atoms with Gasteiger partial charge in [0.2, 0.25) is 0 Å². The lowest BCUT2D eigenvalue weighted by Crippen LogP contribution is -2.37. The van der Waals surface area contributed by atoms with Crippen molar-refractivity contribution in [3.63, 3.8) is 0 Å². The van der Waals surface area contributed by atoms with E-state index in [9.17, 15) is 0 Å². The second-order valence-electron chi connectivity index (χ2n) is 5.76. The van der Waals surface area contributed by atoms with E-state index in [-0.39, 0.29) is 4.75 Å². The molecule has 0 amide bonds. The van der Waals surface area contributed by atoms with E-state index in [1.54, 1.807) is 7.11 Å². The van der Waals surface area contributed by atoms with Crippen LogP contribution in [0.4, 0.5) is 0 Å². The van der Waals surface area contributed by atoms with Gasteiger partial charge in [0, 0.05) is 5.57 Å². The number of hydrogen-bond donors (Lipinski definition) is 1. The molecular weight excluding hydrogens is 242 g/mol. The van der Waals surface area contributed by atoms with E-state index in [1.807, 2.05) is 0 Å². The lowest BCUT2D eigenvalue weighted by atomic mass is 9.96. The molecule has 2 nitrogen and oxygen atoms in total. The second-order valence-corrected chi connectivity index (χ2v) is 7.59. The fraction of sp³-hybridized carbons (Fsp3) is 0.733. The maximum absolute atomic E-state index is 5.51. The highest BCUT2D eigenvalue weighted by Crippen LogP contribution is 2.25. The Morgan fingerprint density at radius 1 is 1.33 bits per heavy atom. The summed E-state index contributed by atoms with van der Waals surface area (Å²) in [7, 11) is 1.77. The van der Waals surface area contributed by atoms with Gasteiger partial charge in [-0.3, -0.25) is 0 Å². The third-order valence-electron chi connectivity index (χ3n) is 2.87. The fourth-order valence-corrected chi connectivity index (χ4v) is 2.85. The van der Waals surface area contributed by atoms with Gasteiger partial charge in [-0.25, -0.2) is 0 Å². The molecule has 0 fully saturated rings. The van der Waals surface area contributed by atoms with Crippen LogP contribution in [0.25, 0.3) is 0 Å². The van der Waals surface area contributed by atoms with Crippen LogP contribution in [0.2, 0.25) is 0 Å². The Balaban J connectivity index is 2.71. The molecule has 0 aromatic carbocycles. The summed E-state index contributed by atoms with van der Waals surface area (Å²) in [5.41, 5.74) is 1.35. The SMILES string of the molecule is CCCC(N[SH+]C(C)(C)C)C1=CCCC=C1OC. The summed E-state index contributed by atoms with van der Waals surface area (Å²) in [5.74, 6) is 1.07. The molecule has 1 rings (SSSR count). The van der Waals surface area contributed by atoms with Crippen molar-refractivity contribution >= 4 is 11.9 Å². The van der Waals surface area contributed by atoms with Gasteiger partial charge >= 0.3 is 0 Å². The predicted octanol–water partition coefficient (Wildman–Crippen LogP) is 3.52. The summed E-state index contributed by atoms with van der Waals surface area (Å²) in [4.78, 5) is 0. The van der Waals surface area contributed by atoms with Gasteiger partial charge in [-0.1, -0.05) is 19.4 Å². The molecule has 0 saturated carbocycles. The third kappa shape index (κ3) is 5.07. The minimum absolute atomic E-state index is 0.290. The second kappa shape index (κ2) is 7.25. The van der Waals surface area contributed by atoms with Crippen molar-refractivity contribution in [2.24, 2.45) is 0 Å². The van der Waals surface area contributed by atoms with E-state index in [4.69, 9.17) is 4.74 Å². The molecule has 0 aromatic heterocycles. The topological polar surface area (TPSA) is 21.3 Å². The average Bonchev–Trinajstić information content (AvgIpc) is 2.33. The van der Waals surface area contributed by atoms with Crippen LogP contribution >= 0.6 is 0 Å². The smallest absolute Gasteiger partial charge is 0.136 e. The quantitative estimate of drug-likeness (QED) is 0.589. The van der Waals surface area contributed by atoms with Crippen LogP contribution < -0.4 is 4.72 Å². The fourth-order valence-electron chi connectivity index (χ4n) is 2.04. The molecule has 0 aromatic rings. The minimum Gasteiger partial charge on any atom is -0.497 e. The molecule has 3 heteroatoms. The zero-order chi connectivity index (χ0) is 13.6. The molecule has 0 saturated heterocycles. The first kappa shape index (κ1) is 15.6. The first-order valence-electron chi connectivity index (χ1n) is 6.90. The van der Waals surface area contributed by atoms with Crippen LogP contribution in [-0.2, 0) is 16.7 Å². The van der Waals surface area contributed by atoms with Gasteiger partial charge in [0.25, 0.3) is 0 Å². The number of methoxy groups -OCH3 is 1. The number of ether oxygens (including phenoxy) is 1. The third-order valence-corrected chi connectivity index (χ3v) is 3.99. The van der Waals surface area contributed by atoms with Crippen molar-refractivity contribution in [3.05, 3.63) is 23.5 Å². The normalized spacial score (nSPS) is 18.1. The Kier molecular flexibility index (Phi) is 6.30. The van der Waals surface area contributed by atoms with Crippen LogP contribution in [0.3, 0.4) is 0 Å². The number of rotatable bonds is 6. The van der Waals surface area contributed by atoms with Gasteiger partial charge in [-0.05, 0) is 46.1 Å². The van der Waals surface area contributed by atoms with Crippen LogP contribution in [0.15, 0.2) is 23.5 Å². The molecule has 1 atom stereocenters. The van der Waals surface area contributed by atoms with E-state index in [2.05, 4.69) is 44.6 Å². The molecule has 0 heterocycles. The van der Waals surface area contributed by atoms with Crippen molar-refractivity contribution in [1.29, 1.82) is 0 Å². The zero-order valence-corrected chi connectivity index (χ0v) is 13.3. The monoisotopic (exact) mass is 270 g/mol. The highest BCUT2D eigenvalue weighted by Gasteiger charge is 2.26. The highest BCUT2D eigenvalue weighted by atomic mass is 32.2. The molecule has 104 valence electrons. The van der Waals surface area contributed by atoms with Gasteiger partial charge in [0.1, 0.15) is 10.5 Å². The Morgan fingerprint density at radius 3 is 2.56 bits per heavy atom. The van der Waals surface area contributed by atoms with Crippen LogP contribution in [0, 0.1) is 0 Å². The van der Waals surface area contributed by atoms with E-state index in [0.717, 1.165) is 25.0 Å². The molecule has 18 heavy (non-hydrogen) atoms. The molecule has 0 radical (unpaired) electrons. The maximum atomic E-state index is 5.51. The minimum atomic E-state index is 0.290. The Labute approximate surface area is 116 Å². The molecule has 0 spiro atoms. The molecule has 0 bridgehead atoms. The predicted molar refractivity (Wildman–Crippen MR) is 82.8 cm³/mol. The van der Waals surface area contributed by atoms with Crippen LogP contribution in [0.5, 0.6) is 0 Å². The zero-order valence-electron chi connectivity index (χ0n) is 12.4. The van der Waals surface area contributed by atoms with Crippen LogP contribution in [0.1, 0.15) is 53.4 Å². The average molecular weight is 270 g/mol. The van der Waals surface area contributed by atoms with E-state index in [1.165, 1.54) is 23.9 Å². The van der Waals surface area contributed by atoms with Gasteiger partial charge in [-0.2, -0.15) is 0 Å². The van der Waals surface area contributed by atoms with Crippen molar-refractivity contribution in [2.45, 2.75) is 64.2 Å². The van der Waals surface area contributed by atoms with Crippen molar-refractivity contribution in [2.75, 3.05) is 7.11 Å². The van der Waals surface area contributed by atoms with E-state index >= 15 is 0 Å². The Hall–Kier alpha value is -0.410. The Morgan fingerprint density at radius 2 is 2.00 bits per heavy atom. The lowest BCUT2D eigenvalue weighted by molar-refractivity contribution is 0.290. The number of thiol groups is 1. The summed E-state index contributed by atoms with van der Waals surface area (Å²) in [6, 6.07) is 0.419. The van der Waals surface area contributed by atoms with E-state index < -0.39 is 0 Å². The lowest BCUT2D eigenvalue weighted by Gasteiger charge is -2.23. The van der Waals surface area contributed by atoms with Crippen LogP contribution in [-0.4, -0.2) is 17.9 Å². The van der Waals surface area contributed by atoms with Gasteiger partial charge < -0.3 is 4.74 Å². The molecule has 1 aliphatic carbocycles. The summed E-state index contributed by atoms with van der Waals surface area (Å²) < 4.78 is 9.48. The highest BCUT2D eigenvalue weighted by molar-refractivity contribution is 7.77. The van der Waals surface area contributed by atoms with Crippen molar-refractivity contribution in [3.8, 4) is 0 Å².